The average molecular weight is 198 g/mol. The molecule has 0 saturated carbocycles. The molecule has 0 aliphatic rings. The topological polar surface area (TPSA) is 0 Å². The maximum atomic E-state index is 2.72. The van der Waals surface area contributed by atoms with E-state index in [1.165, 1.54) is 0 Å². The Morgan fingerprint density at radius 2 is 2.20 bits per heavy atom. The fourth-order valence-electron chi connectivity index (χ4n) is 0.0351. The van der Waals surface area contributed by atoms with Crippen molar-refractivity contribution in [2.45, 2.75) is 0 Å². The van der Waals surface area contributed by atoms with Gasteiger partial charge in [0.2, 0.25) is 0 Å². The van der Waals surface area contributed by atoms with Crippen LogP contribution < -0.4 is 0 Å². The summed E-state index contributed by atoms with van der Waals surface area (Å²) in [6.45, 7) is 0. The van der Waals surface area contributed by atoms with E-state index in [9.17, 15) is 0 Å². The van der Waals surface area contributed by atoms with Crippen molar-refractivity contribution < 1.29 is 0 Å². The van der Waals surface area contributed by atoms with Gasteiger partial charge in [-0.05, 0) is 0 Å². The van der Waals surface area contributed by atoms with Crippen molar-refractivity contribution in [2.75, 3.05) is 0 Å². The van der Waals surface area contributed by atoms with E-state index in [0.29, 0.717) is 0 Å². The Morgan fingerprint density at radius 3 is 2.20 bits per heavy atom. The third-order valence-electron chi connectivity index (χ3n) is 0.165. The van der Waals surface area contributed by atoms with Crippen LogP contribution in [0.5, 0.6) is 0 Å². The molecule has 0 radical (unpaired) electrons. The van der Waals surface area contributed by atoms with Gasteiger partial charge in [-0.2, -0.15) is 0 Å². The Balaban J connectivity index is 2.92. The van der Waals surface area contributed by atoms with E-state index in [1.54, 1.807) is 0 Å². The van der Waals surface area contributed by atoms with Crippen molar-refractivity contribution in [1.82, 2.24) is 0 Å². The Bertz CT molecular complexity index is 46.9. The molecule has 0 bridgehead atoms. The van der Waals surface area contributed by atoms with Crippen molar-refractivity contribution in [3.63, 3.8) is 0 Å². The predicted molar refractivity (Wildman–Crippen MR) is 28.1 cm³/mol. The minimum absolute atomic E-state index is 1.86. The Hall–Kier alpha value is 0.649. The Kier molecular flexibility index (Phi) is 5.25. The van der Waals surface area contributed by atoms with Crippen LogP contribution >= 0.6 is 0 Å². The van der Waals surface area contributed by atoms with Crippen molar-refractivity contribution in [3.8, 4) is 0 Å². The van der Waals surface area contributed by atoms with E-state index in [0.717, 1.165) is 0 Å². The van der Waals surface area contributed by atoms with Crippen LogP contribution in [0, 0.1) is 0 Å². The van der Waals surface area contributed by atoms with E-state index >= 15 is 0 Å². The summed E-state index contributed by atoms with van der Waals surface area (Å²) in [6.07, 6.45) is 1.92. The molecule has 0 heterocycles. The van der Waals surface area contributed by atoms with Gasteiger partial charge in [0.1, 0.15) is 0 Å². The molecule has 0 nitrogen and oxygen atoms in total. The summed E-state index contributed by atoms with van der Waals surface area (Å²) < 4.78 is 0. The summed E-state index contributed by atoms with van der Waals surface area (Å²) in [5, 5.41) is 0. The molecule has 0 aromatic heterocycles. The van der Waals surface area contributed by atoms with Gasteiger partial charge in [-0.25, -0.2) is 0 Å². The van der Waals surface area contributed by atoms with Crippen LogP contribution in [0.15, 0.2) is 11.1 Å². The number of allylic oxidation sites excluding steroid dienone is 1. The Morgan fingerprint density at radius 1 is 1.60 bits per heavy atom. The number of hydrogen-bond donors (Lipinski definition) is 0. The third-order valence-corrected chi connectivity index (χ3v) is 0.855. The first-order valence-electron chi connectivity index (χ1n) is 1.16. The summed E-state index contributed by atoms with van der Waals surface area (Å²) in [5.74, 6) is 0. The minimum atomic E-state index is 1.86. The van der Waals surface area contributed by atoms with E-state index in [2.05, 4.69) is 31.6 Å². The molecule has 0 amide bonds. The monoisotopic (exact) mass is 200 g/mol. The van der Waals surface area contributed by atoms with E-state index in [1.807, 2.05) is 16.0 Å². The number of hydrogen-bond acceptors (Lipinski definition) is 0. The molecule has 0 saturated heterocycles. The molecule has 0 aliphatic carbocycles. The normalized spacial score (nSPS) is 9.00. The zero-order valence-electron chi connectivity index (χ0n) is 2.59. The first-order chi connectivity index (χ1) is 2.41. The van der Waals surface area contributed by atoms with Crippen LogP contribution in [0.4, 0.5) is 0 Å². The van der Waals surface area contributed by atoms with Gasteiger partial charge in [-0.3, -0.25) is 0 Å². The summed E-state index contributed by atoms with van der Waals surface area (Å²) in [5.41, 5.74) is 0. The van der Waals surface area contributed by atoms with Crippen molar-refractivity contribution in [2.24, 2.45) is 0 Å². The molecule has 0 N–H and O–H groups in total. The standard InChI is InChI=1S/C3H4Se2/c4-2-1-3-5/h1-4H/b2-1-. The first kappa shape index (κ1) is 5.65. The summed E-state index contributed by atoms with van der Waals surface area (Å²) in [4.78, 5) is 3.77. The van der Waals surface area contributed by atoms with E-state index in [4.69, 9.17) is 0 Å². The molecule has 0 unspecified atom stereocenters. The SMILES string of the molecule is [Se]=C/C=C\[SeH]. The second-order valence-electron chi connectivity index (χ2n) is 0.478. The summed E-state index contributed by atoms with van der Waals surface area (Å²) in [6, 6.07) is 0. The molecule has 5 heavy (non-hydrogen) atoms. The second kappa shape index (κ2) is 4.65. The quantitative estimate of drug-likeness (QED) is 0.492. The van der Waals surface area contributed by atoms with Crippen molar-refractivity contribution >= 4 is 36.5 Å². The van der Waals surface area contributed by atoms with Gasteiger partial charge in [0, 0.05) is 0 Å². The van der Waals surface area contributed by atoms with Crippen molar-refractivity contribution in [1.29, 1.82) is 0 Å². The van der Waals surface area contributed by atoms with Gasteiger partial charge in [0.05, 0.1) is 0 Å². The van der Waals surface area contributed by atoms with Gasteiger partial charge in [0.15, 0.2) is 0 Å². The molecule has 0 aromatic rings. The van der Waals surface area contributed by atoms with Crippen LogP contribution in [0.2, 0.25) is 0 Å². The molecule has 0 spiro atoms. The first-order valence-corrected chi connectivity index (χ1v) is 3.23. The van der Waals surface area contributed by atoms with Crippen LogP contribution in [-0.2, 0) is 0 Å². The van der Waals surface area contributed by atoms with Gasteiger partial charge in [-0.1, -0.05) is 0 Å². The van der Waals surface area contributed by atoms with Gasteiger partial charge in [0.25, 0.3) is 0 Å². The van der Waals surface area contributed by atoms with Crippen LogP contribution in [0.3, 0.4) is 0 Å². The fourth-order valence-corrected chi connectivity index (χ4v) is 0.949. The fraction of sp³-hybridized carbons (Fsp3) is 0. The predicted octanol–water partition coefficient (Wildman–Crippen LogP) is -0.628. The molecular weight excluding hydrogens is 194 g/mol. The molecular formula is C3H4Se2. The zero-order chi connectivity index (χ0) is 4.12. The molecule has 28 valence electrons. The van der Waals surface area contributed by atoms with E-state index in [-0.39, 0.29) is 0 Å². The van der Waals surface area contributed by atoms with Gasteiger partial charge >= 0.3 is 47.6 Å². The summed E-state index contributed by atoms with van der Waals surface area (Å²) >= 11 is 5.07. The maximum absolute atomic E-state index is 2.72. The second-order valence-corrected chi connectivity index (χ2v) is 1.67. The molecule has 0 aromatic carbocycles. The van der Waals surface area contributed by atoms with Gasteiger partial charge < -0.3 is 0 Å². The zero-order valence-corrected chi connectivity index (χ0v) is 6.18. The third kappa shape index (κ3) is 4.65. The van der Waals surface area contributed by atoms with E-state index < -0.39 is 0 Å². The van der Waals surface area contributed by atoms with Crippen LogP contribution in [0.1, 0.15) is 0 Å². The molecule has 0 atom stereocenters. The molecule has 0 rings (SSSR count). The molecule has 2 heteroatoms. The molecule has 0 aliphatic heterocycles. The average Bonchev–Trinajstić information content (AvgIpc) is 1.41. The van der Waals surface area contributed by atoms with Crippen LogP contribution in [0.25, 0.3) is 0 Å². The van der Waals surface area contributed by atoms with Gasteiger partial charge in [-0.15, -0.1) is 0 Å². The molecule has 0 fully saturated rings. The van der Waals surface area contributed by atoms with Crippen LogP contribution in [-0.4, -0.2) is 36.5 Å². The summed E-state index contributed by atoms with van der Waals surface area (Å²) in [7, 11) is 0. The number of rotatable bonds is 1. The Labute approximate surface area is 47.8 Å². The van der Waals surface area contributed by atoms with Crippen molar-refractivity contribution in [3.05, 3.63) is 11.1 Å².